The van der Waals surface area contributed by atoms with E-state index in [0.717, 1.165) is 25.1 Å². The molecule has 84 valence electrons. The second-order valence-corrected chi connectivity index (χ2v) is 5.02. The van der Waals surface area contributed by atoms with E-state index >= 15 is 0 Å². The number of hydrogen-bond acceptors (Lipinski definition) is 2. The maximum atomic E-state index is 5.73. The van der Waals surface area contributed by atoms with E-state index in [1.54, 1.807) is 0 Å². The summed E-state index contributed by atoms with van der Waals surface area (Å²) in [6.07, 6.45) is 6.06. The van der Waals surface area contributed by atoms with E-state index in [9.17, 15) is 0 Å². The van der Waals surface area contributed by atoms with E-state index in [0.29, 0.717) is 0 Å². The third-order valence-electron chi connectivity index (χ3n) is 2.41. The highest BCUT2D eigenvalue weighted by Gasteiger charge is 1.97. The van der Waals surface area contributed by atoms with Crippen molar-refractivity contribution in [2.45, 2.75) is 19.4 Å². The van der Waals surface area contributed by atoms with Gasteiger partial charge in [0, 0.05) is 18.4 Å². The van der Waals surface area contributed by atoms with Crippen molar-refractivity contribution >= 4 is 28.3 Å². The van der Waals surface area contributed by atoms with Gasteiger partial charge < -0.3 is 5.73 Å². The Kier molecular flexibility index (Phi) is 3.82. The summed E-state index contributed by atoms with van der Waals surface area (Å²) < 4.78 is 3.16. The molecule has 3 nitrogen and oxygen atoms in total. The molecule has 0 aliphatic heterocycles. The monoisotopic (exact) mass is 327 g/mol. The van der Waals surface area contributed by atoms with Gasteiger partial charge in [0.25, 0.3) is 0 Å². The Morgan fingerprint density at radius 3 is 2.94 bits per heavy atom. The molecule has 0 fully saturated rings. The fourth-order valence-electron chi connectivity index (χ4n) is 1.65. The summed E-state index contributed by atoms with van der Waals surface area (Å²) in [6.45, 7) is 0.956. The Morgan fingerprint density at radius 1 is 1.38 bits per heavy atom. The molecule has 16 heavy (non-hydrogen) atoms. The summed E-state index contributed by atoms with van der Waals surface area (Å²) in [6, 6.07) is 8.07. The molecule has 0 aliphatic carbocycles. The highest BCUT2D eigenvalue weighted by molar-refractivity contribution is 14.1. The summed E-state index contributed by atoms with van der Waals surface area (Å²) in [5, 5.41) is 4.25. The molecule has 0 saturated heterocycles. The van der Waals surface area contributed by atoms with E-state index in [2.05, 4.69) is 40.0 Å². The van der Waals surface area contributed by atoms with Crippen molar-refractivity contribution in [1.82, 2.24) is 9.78 Å². The zero-order valence-corrected chi connectivity index (χ0v) is 11.1. The van der Waals surface area contributed by atoms with Crippen molar-refractivity contribution in [2.75, 3.05) is 5.73 Å². The number of anilines is 1. The lowest BCUT2D eigenvalue weighted by Gasteiger charge is -2.03. The molecular weight excluding hydrogens is 313 g/mol. The third-order valence-corrected chi connectivity index (χ3v) is 2.96. The Morgan fingerprint density at radius 2 is 2.25 bits per heavy atom. The molecule has 0 spiro atoms. The molecule has 2 rings (SSSR count). The number of rotatable bonds is 4. The lowest BCUT2D eigenvalue weighted by molar-refractivity contribution is 0.578. The predicted octanol–water partition coefficient (Wildman–Crippen LogP) is 2.70. The van der Waals surface area contributed by atoms with Crippen LogP contribution in [0.2, 0.25) is 0 Å². The van der Waals surface area contributed by atoms with E-state index in [4.69, 9.17) is 5.73 Å². The fourth-order valence-corrected chi connectivity index (χ4v) is 2.10. The van der Waals surface area contributed by atoms with Crippen molar-refractivity contribution in [3.63, 3.8) is 0 Å². The summed E-state index contributed by atoms with van der Waals surface area (Å²) in [5.74, 6) is 0. The number of hydrogen-bond donors (Lipinski definition) is 1. The van der Waals surface area contributed by atoms with E-state index in [-0.39, 0.29) is 0 Å². The number of nitrogens with two attached hydrogens (primary N) is 1. The molecule has 0 radical (unpaired) electrons. The van der Waals surface area contributed by atoms with Crippen molar-refractivity contribution < 1.29 is 0 Å². The Balaban J connectivity index is 1.84. The van der Waals surface area contributed by atoms with Crippen molar-refractivity contribution in [3.8, 4) is 0 Å². The topological polar surface area (TPSA) is 43.8 Å². The molecule has 4 heteroatoms. The zero-order valence-electron chi connectivity index (χ0n) is 8.94. The Hall–Kier alpha value is -1.04. The van der Waals surface area contributed by atoms with Gasteiger partial charge >= 0.3 is 0 Å². The minimum absolute atomic E-state index is 0.839. The lowest BCUT2D eigenvalue weighted by atomic mass is 10.1. The first kappa shape index (κ1) is 11.4. The van der Waals surface area contributed by atoms with Crippen LogP contribution >= 0.6 is 22.6 Å². The van der Waals surface area contributed by atoms with E-state index < -0.39 is 0 Å². The molecule has 2 aromatic rings. The van der Waals surface area contributed by atoms with E-state index in [1.807, 2.05) is 29.1 Å². The molecule has 0 saturated carbocycles. The van der Waals surface area contributed by atoms with Gasteiger partial charge in [-0.05, 0) is 53.1 Å². The van der Waals surface area contributed by atoms with Gasteiger partial charge in [-0.15, -0.1) is 0 Å². The molecule has 0 aliphatic rings. The molecule has 0 amide bonds. The van der Waals surface area contributed by atoms with Crippen LogP contribution in [-0.4, -0.2) is 9.78 Å². The molecular formula is C12H14IN3. The van der Waals surface area contributed by atoms with Crippen LogP contribution in [0.3, 0.4) is 0 Å². The third kappa shape index (κ3) is 3.23. The van der Waals surface area contributed by atoms with Crippen molar-refractivity contribution in [1.29, 1.82) is 0 Å². The fraction of sp³-hybridized carbons (Fsp3) is 0.250. The average Bonchev–Trinajstić information content (AvgIpc) is 2.64. The van der Waals surface area contributed by atoms with Crippen LogP contribution in [-0.2, 0) is 13.0 Å². The highest BCUT2D eigenvalue weighted by atomic mass is 127. The van der Waals surface area contributed by atoms with Crippen LogP contribution in [0.4, 0.5) is 5.69 Å². The van der Waals surface area contributed by atoms with Gasteiger partial charge in [0.1, 0.15) is 0 Å². The summed E-state index contributed by atoms with van der Waals surface area (Å²) in [4.78, 5) is 0. The summed E-state index contributed by atoms with van der Waals surface area (Å²) in [5.41, 5.74) is 7.86. The number of halogens is 1. The van der Waals surface area contributed by atoms with Crippen LogP contribution in [0, 0.1) is 3.57 Å². The van der Waals surface area contributed by atoms with Crippen LogP contribution in [0.5, 0.6) is 0 Å². The molecule has 1 heterocycles. The van der Waals surface area contributed by atoms with Gasteiger partial charge in [-0.1, -0.05) is 12.1 Å². The first-order valence-electron chi connectivity index (χ1n) is 5.26. The molecule has 2 N–H and O–H groups in total. The van der Waals surface area contributed by atoms with Gasteiger partial charge in [0.2, 0.25) is 0 Å². The lowest BCUT2D eigenvalue weighted by Crippen LogP contribution is -2.00. The van der Waals surface area contributed by atoms with Gasteiger partial charge in [-0.2, -0.15) is 5.10 Å². The van der Waals surface area contributed by atoms with Crippen molar-refractivity contribution in [2.24, 2.45) is 0 Å². The second kappa shape index (κ2) is 5.34. The van der Waals surface area contributed by atoms with Gasteiger partial charge in [0.05, 0.1) is 9.77 Å². The normalized spacial score (nSPS) is 10.6. The quantitative estimate of drug-likeness (QED) is 0.693. The maximum Gasteiger partial charge on any atom is 0.0623 e. The average molecular weight is 327 g/mol. The SMILES string of the molecule is Nc1cccc(CCCn2cc(I)cn2)c1. The molecule has 1 aromatic carbocycles. The predicted molar refractivity (Wildman–Crippen MR) is 74.1 cm³/mol. The molecule has 0 unspecified atom stereocenters. The minimum Gasteiger partial charge on any atom is -0.399 e. The van der Waals surface area contributed by atoms with Crippen LogP contribution in [0.25, 0.3) is 0 Å². The molecule has 1 aromatic heterocycles. The molecule has 0 atom stereocenters. The number of benzene rings is 1. The smallest absolute Gasteiger partial charge is 0.0623 e. The minimum atomic E-state index is 0.839. The number of aryl methyl sites for hydroxylation is 2. The summed E-state index contributed by atoms with van der Waals surface area (Å²) >= 11 is 2.27. The van der Waals surface area contributed by atoms with Crippen LogP contribution < -0.4 is 5.73 Å². The maximum absolute atomic E-state index is 5.73. The zero-order chi connectivity index (χ0) is 11.4. The van der Waals surface area contributed by atoms with Crippen molar-refractivity contribution in [3.05, 3.63) is 45.8 Å². The highest BCUT2D eigenvalue weighted by Crippen LogP contribution is 2.09. The number of nitrogens with zero attached hydrogens (tertiary/aromatic N) is 2. The molecule has 0 bridgehead atoms. The number of aromatic nitrogens is 2. The van der Waals surface area contributed by atoms with Gasteiger partial charge in [-0.3, -0.25) is 4.68 Å². The first-order valence-corrected chi connectivity index (χ1v) is 6.34. The van der Waals surface area contributed by atoms with E-state index in [1.165, 1.54) is 9.13 Å². The Bertz CT molecular complexity index is 465. The first-order chi connectivity index (χ1) is 7.74. The van der Waals surface area contributed by atoms with Crippen LogP contribution in [0.1, 0.15) is 12.0 Å². The number of nitrogen functional groups attached to an aromatic ring is 1. The van der Waals surface area contributed by atoms with Crippen LogP contribution in [0.15, 0.2) is 36.7 Å². The van der Waals surface area contributed by atoms with Gasteiger partial charge in [-0.25, -0.2) is 0 Å². The second-order valence-electron chi connectivity index (χ2n) is 3.77. The Labute approximate surface area is 109 Å². The van der Waals surface area contributed by atoms with Gasteiger partial charge in [0.15, 0.2) is 0 Å². The standard InChI is InChI=1S/C12H14IN3/c13-11-8-15-16(9-11)6-2-4-10-3-1-5-12(14)7-10/h1,3,5,7-9H,2,4,6,14H2. The summed E-state index contributed by atoms with van der Waals surface area (Å²) in [7, 11) is 0. The largest absolute Gasteiger partial charge is 0.399 e.